The van der Waals surface area contributed by atoms with Crippen molar-refractivity contribution in [2.24, 2.45) is 0 Å². The van der Waals surface area contributed by atoms with Crippen LogP contribution in [-0.4, -0.2) is 46.3 Å². The second-order valence-corrected chi connectivity index (χ2v) is 5.31. The molecule has 8 nitrogen and oxygen atoms in total. The van der Waals surface area contributed by atoms with Gasteiger partial charge in [0.1, 0.15) is 12.6 Å². The van der Waals surface area contributed by atoms with Crippen LogP contribution in [0.4, 0.5) is 0 Å². The molecule has 2 N–H and O–H groups in total. The average molecular weight is 318 g/mol. The summed E-state index contributed by atoms with van der Waals surface area (Å²) in [6.07, 6.45) is -0.559. The Labute approximate surface area is 131 Å². The normalized spacial score (nSPS) is 22.7. The third-order valence-electron chi connectivity index (χ3n) is 3.89. The van der Waals surface area contributed by atoms with Crippen LogP contribution in [0.5, 0.6) is 0 Å². The molecule has 0 bridgehead atoms. The number of amides is 2. The van der Waals surface area contributed by atoms with Crippen molar-refractivity contribution in [1.29, 1.82) is 0 Å². The summed E-state index contributed by atoms with van der Waals surface area (Å²) < 4.78 is 5.26. The Morgan fingerprint density at radius 1 is 1.30 bits per heavy atom. The van der Waals surface area contributed by atoms with E-state index in [2.05, 4.69) is 5.32 Å². The van der Waals surface area contributed by atoms with Crippen molar-refractivity contribution in [2.45, 2.75) is 25.1 Å². The van der Waals surface area contributed by atoms with Crippen molar-refractivity contribution in [3.8, 4) is 0 Å². The minimum Gasteiger partial charge on any atom is -0.480 e. The number of nitrogens with zero attached hydrogens (tertiary/aromatic N) is 1. The van der Waals surface area contributed by atoms with E-state index in [-0.39, 0.29) is 18.7 Å². The number of nitrogens with one attached hydrogen (secondary N) is 1. The van der Waals surface area contributed by atoms with Gasteiger partial charge < -0.3 is 15.2 Å². The summed E-state index contributed by atoms with van der Waals surface area (Å²) in [6.45, 7) is -0.529. The lowest BCUT2D eigenvalue weighted by Crippen LogP contribution is -2.47. The smallest absolute Gasteiger partial charge is 0.340 e. The molecular weight excluding hydrogens is 304 g/mol. The zero-order valence-corrected chi connectivity index (χ0v) is 12.0. The molecule has 0 aliphatic carbocycles. The van der Waals surface area contributed by atoms with E-state index in [4.69, 9.17) is 9.84 Å². The minimum atomic E-state index is -1.17. The van der Waals surface area contributed by atoms with Gasteiger partial charge in [-0.15, -0.1) is 0 Å². The standard InChI is InChI=1S/C15H14N2O6/c18-11-6-5-10(13(21)16-7-12(19)20)17(11)14-8-3-1-2-4-9(8)15(22)23-14/h1-4,10,14H,5-7H2,(H,16,21)(H,19,20)/t10-,14+/m0/s1. The number of esters is 1. The third-order valence-corrected chi connectivity index (χ3v) is 3.89. The van der Waals surface area contributed by atoms with Gasteiger partial charge in [0.15, 0.2) is 0 Å². The molecule has 1 aromatic rings. The van der Waals surface area contributed by atoms with Gasteiger partial charge in [-0.3, -0.25) is 19.3 Å². The topological polar surface area (TPSA) is 113 Å². The molecule has 0 spiro atoms. The van der Waals surface area contributed by atoms with Gasteiger partial charge in [0.25, 0.3) is 0 Å². The van der Waals surface area contributed by atoms with Crippen LogP contribution in [0.15, 0.2) is 24.3 Å². The Hall–Kier alpha value is -2.90. The zero-order valence-electron chi connectivity index (χ0n) is 12.0. The molecule has 1 fully saturated rings. The number of carboxylic acid groups (broad SMARTS) is 1. The van der Waals surface area contributed by atoms with E-state index in [9.17, 15) is 19.2 Å². The van der Waals surface area contributed by atoms with Crippen LogP contribution in [0.1, 0.15) is 35.0 Å². The highest BCUT2D eigenvalue weighted by molar-refractivity contribution is 5.96. The van der Waals surface area contributed by atoms with E-state index in [0.717, 1.165) is 0 Å². The van der Waals surface area contributed by atoms with E-state index in [1.807, 2.05) is 0 Å². The minimum absolute atomic E-state index is 0.140. The first-order valence-electron chi connectivity index (χ1n) is 7.09. The molecular formula is C15H14N2O6. The summed E-state index contributed by atoms with van der Waals surface area (Å²) in [5.74, 6) is -2.60. The van der Waals surface area contributed by atoms with Crippen LogP contribution in [0.3, 0.4) is 0 Å². The van der Waals surface area contributed by atoms with Gasteiger partial charge in [0, 0.05) is 12.0 Å². The molecule has 23 heavy (non-hydrogen) atoms. The van der Waals surface area contributed by atoms with E-state index in [1.54, 1.807) is 24.3 Å². The van der Waals surface area contributed by atoms with Gasteiger partial charge in [0.05, 0.1) is 5.56 Å². The number of ether oxygens (including phenoxy) is 1. The first-order chi connectivity index (χ1) is 11.0. The molecule has 2 aliphatic heterocycles. The van der Waals surface area contributed by atoms with Crippen LogP contribution in [0, 0.1) is 0 Å². The summed E-state index contributed by atoms with van der Waals surface area (Å²) in [7, 11) is 0. The highest BCUT2D eigenvalue weighted by Gasteiger charge is 2.46. The Bertz CT molecular complexity index is 701. The van der Waals surface area contributed by atoms with Crippen LogP contribution >= 0.6 is 0 Å². The molecule has 120 valence electrons. The maximum absolute atomic E-state index is 12.2. The van der Waals surface area contributed by atoms with Gasteiger partial charge in [0.2, 0.25) is 18.0 Å². The lowest BCUT2D eigenvalue weighted by Gasteiger charge is -2.29. The molecule has 0 radical (unpaired) electrons. The molecule has 1 aromatic carbocycles. The zero-order chi connectivity index (χ0) is 16.6. The van der Waals surface area contributed by atoms with Crippen molar-refractivity contribution in [1.82, 2.24) is 10.2 Å². The number of rotatable bonds is 4. The highest BCUT2D eigenvalue weighted by atomic mass is 16.6. The largest absolute Gasteiger partial charge is 0.480 e. The second-order valence-electron chi connectivity index (χ2n) is 5.31. The van der Waals surface area contributed by atoms with Crippen LogP contribution in [-0.2, 0) is 19.1 Å². The lowest BCUT2D eigenvalue weighted by molar-refractivity contribution is -0.146. The third kappa shape index (κ3) is 2.63. The van der Waals surface area contributed by atoms with E-state index >= 15 is 0 Å². The van der Waals surface area contributed by atoms with E-state index < -0.39 is 36.7 Å². The predicted octanol–water partition coefficient (Wildman–Crippen LogP) is 0.0474. The molecule has 0 unspecified atom stereocenters. The molecule has 1 saturated heterocycles. The number of carboxylic acids is 1. The number of aliphatic carboxylic acids is 1. The number of likely N-dealkylation sites (tertiary alicyclic amines) is 1. The van der Waals surface area contributed by atoms with Crippen molar-refractivity contribution >= 4 is 23.8 Å². The Morgan fingerprint density at radius 2 is 2.04 bits per heavy atom. The van der Waals surface area contributed by atoms with Gasteiger partial charge in [-0.25, -0.2) is 4.79 Å². The first kappa shape index (κ1) is 15.0. The summed E-state index contributed by atoms with van der Waals surface area (Å²) in [6, 6.07) is 5.81. The Morgan fingerprint density at radius 3 is 2.78 bits per heavy atom. The van der Waals surface area contributed by atoms with Crippen LogP contribution in [0.25, 0.3) is 0 Å². The summed E-state index contributed by atoms with van der Waals surface area (Å²) >= 11 is 0. The summed E-state index contributed by atoms with van der Waals surface area (Å²) in [5, 5.41) is 10.9. The van der Waals surface area contributed by atoms with Crippen molar-refractivity contribution in [2.75, 3.05) is 6.54 Å². The quantitative estimate of drug-likeness (QED) is 0.758. The van der Waals surface area contributed by atoms with E-state index in [1.165, 1.54) is 4.90 Å². The van der Waals surface area contributed by atoms with Gasteiger partial charge in [-0.2, -0.15) is 0 Å². The monoisotopic (exact) mass is 318 g/mol. The number of carbonyl (C=O) groups excluding carboxylic acids is 3. The Balaban J connectivity index is 1.85. The van der Waals surface area contributed by atoms with Crippen molar-refractivity contribution in [3.05, 3.63) is 35.4 Å². The van der Waals surface area contributed by atoms with Crippen LogP contribution in [0.2, 0.25) is 0 Å². The fourth-order valence-corrected chi connectivity index (χ4v) is 2.87. The fraction of sp³-hybridized carbons (Fsp3) is 0.333. The van der Waals surface area contributed by atoms with E-state index in [0.29, 0.717) is 11.1 Å². The van der Waals surface area contributed by atoms with Crippen LogP contribution < -0.4 is 5.32 Å². The first-order valence-corrected chi connectivity index (χ1v) is 7.09. The highest BCUT2D eigenvalue weighted by Crippen LogP contribution is 2.38. The van der Waals surface area contributed by atoms with Gasteiger partial charge >= 0.3 is 11.9 Å². The SMILES string of the molecule is O=C(O)CNC(=O)[C@@H]1CCC(=O)N1[C@@H]1OC(=O)c2ccccc21. The number of benzene rings is 1. The second kappa shape index (κ2) is 5.71. The van der Waals surface area contributed by atoms with Gasteiger partial charge in [-0.05, 0) is 12.5 Å². The van der Waals surface area contributed by atoms with Crippen molar-refractivity contribution < 1.29 is 29.0 Å². The number of cyclic esters (lactones) is 1. The molecule has 3 rings (SSSR count). The molecule has 0 saturated carbocycles. The number of fused-ring (bicyclic) bond motifs is 1. The number of hydrogen-bond acceptors (Lipinski definition) is 5. The number of hydrogen-bond donors (Lipinski definition) is 2. The molecule has 8 heteroatoms. The number of carbonyl (C=O) groups is 4. The fourth-order valence-electron chi connectivity index (χ4n) is 2.87. The predicted molar refractivity (Wildman–Crippen MR) is 75.1 cm³/mol. The maximum atomic E-state index is 12.2. The molecule has 2 heterocycles. The molecule has 0 aromatic heterocycles. The molecule has 2 amide bonds. The van der Waals surface area contributed by atoms with Gasteiger partial charge in [-0.1, -0.05) is 18.2 Å². The Kier molecular flexibility index (Phi) is 3.73. The van der Waals surface area contributed by atoms with Crippen molar-refractivity contribution in [3.63, 3.8) is 0 Å². The summed E-state index contributed by atoms with van der Waals surface area (Å²) in [4.78, 5) is 48.0. The summed E-state index contributed by atoms with van der Waals surface area (Å²) in [5.41, 5.74) is 0.894. The maximum Gasteiger partial charge on any atom is 0.340 e. The lowest BCUT2D eigenvalue weighted by atomic mass is 10.1. The average Bonchev–Trinajstić information content (AvgIpc) is 3.06. The molecule has 2 aliphatic rings. The molecule has 2 atom stereocenters.